The van der Waals surface area contributed by atoms with Crippen molar-refractivity contribution in [2.24, 2.45) is 5.73 Å². The highest BCUT2D eigenvalue weighted by molar-refractivity contribution is 5.92. The van der Waals surface area contributed by atoms with E-state index >= 15 is 0 Å². The number of nitrogens with zero attached hydrogens (tertiary/aromatic N) is 1. The Morgan fingerprint density at radius 3 is 2.33 bits per heavy atom. The lowest BCUT2D eigenvalue weighted by atomic mass is 10.0. The number of allylic oxidation sites excluding steroid dienone is 1. The molecule has 2 rings (SSSR count). The quantitative estimate of drug-likeness (QED) is 0.547. The second-order valence-electron chi connectivity index (χ2n) is 5.45. The summed E-state index contributed by atoms with van der Waals surface area (Å²) in [6, 6.07) is 13.2. The molecule has 0 radical (unpaired) electrons. The van der Waals surface area contributed by atoms with Crippen LogP contribution in [0.4, 0.5) is 0 Å². The molecular formula is C20H18N2O5. The summed E-state index contributed by atoms with van der Waals surface area (Å²) < 4.78 is 10.8. The van der Waals surface area contributed by atoms with Crippen LogP contribution in [0.3, 0.4) is 0 Å². The summed E-state index contributed by atoms with van der Waals surface area (Å²) in [6.07, 6.45) is 1.65. The lowest BCUT2D eigenvalue weighted by Gasteiger charge is -2.11. The molecule has 1 amide bonds. The Morgan fingerprint density at radius 1 is 1.11 bits per heavy atom. The number of nitrogens with two attached hydrogens (primary N) is 1. The van der Waals surface area contributed by atoms with E-state index in [2.05, 4.69) is 6.07 Å². The van der Waals surface area contributed by atoms with Crippen molar-refractivity contribution in [2.45, 2.75) is 6.92 Å². The first-order valence-electron chi connectivity index (χ1n) is 8.08. The monoisotopic (exact) mass is 366 g/mol. The number of amides is 1. The second kappa shape index (κ2) is 9.06. The number of aromatic carboxylic acids is 1. The van der Waals surface area contributed by atoms with E-state index in [0.717, 1.165) is 0 Å². The van der Waals surface area contributed by atoms with Crippen molar-refractivity contribution in [1.29, 1.82) is 5.26 Å². The summed E-state index contributed by atoms with van der Waals surface area (Å²) in [7, 11) is 0. The van der Waals surface area contributed by atoms with Crippen molar-refractivity contribution in [2.75, 3.05) is 13.2 Å². The normalized spacial score (nSPS) is 10.7. The molecule has 3 N–H and O–H groups in total. The fourth-order valence-electron chi connectivity index (χ4n) is 2.29. The smallest absolute Gasteiger partial charge is 0.335 e. The van der Waals surface area contributed by atoms with Gasteiger partial charge >= 0.3 is 5.97 Å². The summed E-state index contributed by atoms with van der Waals surface area (Å²) >= 11 is 0. The van der Waals surface area contributed by atoms with Gasteiger partial charge in [-0.05, 0) is 48.4 Å². The van der Waals surface area contributed by atoms with Crippen molar-refractivity contribution in [3.8, 4) is 17.6 Å². The molecule has 0 saturated carbocycles. The average Bonchev–Trinajstić information content (AvgIpc) is 2.65. The summed E-state index contributed by atoms with van der Waals surface area (Å²) in [5.41, 5.74) is 6.87. The number of primary amides is 1. The first kappa shape index (κ1) is 19.5. The van der Waals surface area contributed by atoms with Crippen LogP contribution in [-0.2, 0) is 4.79 Å². The first-order chi connectivity index (χ1) is 12.9. The van der Waals surface area contributed by atoms with Crippen LogP contribution in [0.5, 0.6) is 11.5 Å². The molecule has 0 spiro atoms. The van der Waals surface area contributed by atoms with Crippen LogP contribution in [0.25, 0.3) is 11.6 Å². The number of nitriles is 1. The van der Waals surface area contributed by atoms with Crippen LogP contribution in [0.1, 0.15) is 28.4 Å². The fourth-order valence-corrected chi connectivity index (χ4v) is 2.29. The van der Waals surface area contributed by atoms with Crippen LogP contribution in [0.2, 0.25) is 0 Å². The zero-order valence-corrected chi connectivity index (χ0v) is 14.6. The number of carbonyl (C=O) groups excluding carboxylic acids is 1. The third kappa shape index (κ3) is 5.34. The lowest BCUT2D eigenvalue weighted by molar-refractivity contribution is -0.119. The maximum atomic E-state index is 10.9. The van der Waals surface area contributed by atoms with Gasteiger partial charge in [0.05, 0.1) is 23.8 Å². The van der Waals surface area contributed by atoms with Crippen LogP contribution in [0.15, 0.2) is 42.5 Å². The minimum Gasteiger partial charge on any atom is -0.490 e. The summed E-state index contributed by atoms with van der Waals surface area (Å²) in [6.45, 7) is 1.93. The van der Waals surface area contributed by atoms with Crippen molar-refractivity contribution >= 4 is 23.5 Å². The van der Waals surface area contributed by atoms with Crippen molar-refractivity contribution in [3.63, 3.8) is 0 Å². The molecular weight excluding hydrogens is 348 g/mol. The number of benzene rings is 2. The Bertz CT molecular complexity index is 911. The molecule has 0 atom stereocenters. The van der Waals surface area contributed by atoms with Gasteiger partial charge in [0.1, 0.15) is 0 Å². The molecule has 2 aromatic carbocycles. The number of carboxylic acids is 1. The molecule has 0 fully saturated rings. The van der Waals surface area contributed by atoms with E-state index in [4.69, 9.17) is 20.3 Å². The van der Waals surface area contributed by atoms with Gasteiger partial charge in [-0.2, -0.15) is 5.26 Å². The third-order valence-electron chi connectivity index (χ3n) is 3.51. The van der Waals surface area contributed by atoms with E-state index in [-0.39, 0.29) is 12.2 Å². The van der Waals surface area contributed by atoms with Gasteiger partial charge in [-0.3, -0.25) is 4.79 Å². The van der Waals surface area contributed by atoms with Gasteiger partial charge in [-0.15, -0.1) is 0 Å². The van der Waals surface area contributed by atoms with Gasteiger partial charge in [0, 0.05) is 0 Å². The number of carbonyl (C=O) groups is 2. The molecule has 7 nitrogen and oxygen atoms in total. The number of hydrogen-bond donors (Lipinski definition) is 2. The Labute approximate surface area is 156 Å². The third-order valence-corrected chi connectivity index (χ3v) is 3.51. The van der Waals surface area contributed by atoms with Crippen LogP contribution >= 0.6 is 0 Å². The van der Waals surface area contributed by atoms with Crippen LogP contribution in [-0.4, -0.2) is 30.2 Å². The Morgan fingerprint density at radius 2 is 1.78 bits per heavy atom. The molecule has 0 saturated heterocycles. The van der Waals surface area contributed by atoms with E-state index in [1.165, 1.54) is 12.1 Å². The van der Waals surface area contributed by atoms with Crippen molar-refractivity contribution in [1.82, 2.24) is 0 Å². The van der Waals surface area contributed by atoms with E-state index in [1.54, 1.807) is 36.4 Å². The topological polar surface area (TPSA) is 123 Å². The molecule has 0 aromatic heterocycles. The Kier molecular flexibility index (Phi) is 6.55. The molecule has 0 aliphatic carbocycles. The van der Waals surface area contributed by atoms with E-state index in [9.17, 15) is 14.9 Å². The van der Waals surface area contributed by atoms with Gasteiger partial charge in [0.15, 0.2) is 18.1 Å². The van der Waals surface area contributed by atoms with E-state index in [0.29, 0.717) is 34.8 Å². The standard InChI is InChI=1S/C20H18N2O5/c1-2-26-18-10-13(3-8-17(18)27-12-19(22)23)9-16(11-21)14-4-6-15(7-5-14)20(24)25/h3-10H,2,12H2,1H3,(H2,22,23)(H,24,25)/b16-9-. The molecule has 138 valence electrons. The lowest BCUT2D eigenvalue weighted by Crippen LogP contribution is -2.20. The Balaban J connectivity index is 2.34. The highest BCUT2D eigenvalue weighted by Gasteiger charge is 2.09. The molecule has 0 aliphatic rings. The molecule has 0 bridgehead atoms. The van der Waals surface area contributed by atoms with E-state index < -0.39 is 11.9 Å². The largest absolute Gasteiger partial charge is 0.490 e. The first-order valence-corrected chi connectivity index (χ1v) is 8.08. The number of hydrogen-bond acceptors (Lipinski definition) is 5. The summed E-state index contributed by atoms with van der Waals surface area (Å²) in [5, 5.41) is 18.4. The van der Waals surface area contributed by atoms with Gasteiger partial charge in [-0.1, -0.05) is 18.2 Å². The predicted molar refractivity (Wildman–Crippen MR) is 99.2 cm³/mol. The Hall–Kier alpha value is -3.79. The zero-order chi connectivity index (χ0) is 19.8. The molecule has 2 aromatic rings. The molecule has 0 unspecified atom stereocenters. The number of ether oxygens (including phenoxy) is 2. The van der Waals surface area contributed by atoms with Gasteiger partial charge < -0.3 is 20.3 Å². The number of rotatable bonds is 8. The van der Waals surface area contributed by atoms with E-state index in [1.807, 2.05) is 6.92 Å². The predicted octanol–water partition coefficient (Wildman–Crippen LogP) is 2.71. The SMILES string of the molecule is CCOc1cc(/C=C(/C#N)c2ccc(C(=O)O)cc2)ccc1OCC(N)=O. The van der Waals surface area contributed by atoms with Gasteiger partial charge in [-0.25, -0.2) is 4.79 Å². The fraction of sp³-hybridized carbons (Fsp3) is 0.150. The van der Waals surface area contributed by atoms with Gasteiger partial charge in [0.25, 0.3) is 5.91 Å². The molecule has 0 aliphatic heterocycles. The van der Waals surface area contributed by atoms with Crippen molar-refractivity contribution in [3.05, 3.63) is 59.2 Å². The summed E-state index contributed by atoms with van der Waals surface area (Å²) in [5.74, 6) is -0.835. The van der Waals surface area contributed by atoms with Crippen LogP contribution in [0, 0.1) is 11.3 Å². The van der Waals surface area contributed by atoms with Crippen molar-refractivity contribution < 1.29 is 24.2 Å². The molecule has 0 heterocycles. The maximum Gasteiger partial charge on any atom is 0.335 e. The molecule has 27 heavy (non-hydrogen) atoms. The zero-order valence-electron chi connectivity index (χ0n) is 14.6. The highest BCUT2D eigenvalue weighted by Crippen LogP contribution is 2.30. The second-order valence-corrected chi connectivity index (χ2v) is 5.45. The summed E-state index contributed by atoms with van der Waals surface area (Å²) in [4.78, 5) is 21.8. The minimum atomic E-state index is -1.03. The van der Waals surface area contributed by atoms with Gasteiger partial charge in [0.2, 0.25) is 0 Å². The number of carboxylic acid groups (broad SMARTS) is 1. The molecule has 7 heteroatoms. The van der Waals surface area contributed by atoms with Crippen LogP contribution < -0.4 is 15.2 Å². The minimum absolute atomic E-state index is 0.144. The average molecular weight is 366 g/mol. The highest BCUT2D eigenvalue weighted by atomic mass is 16.5. The maximum absolute atomic E-state index is 10.9.